The summed E-state index contributed by atoms with van der Waals surface area (Å²) in [5.74, 6) is 0. The molecule has 2 rings (SSSR count). The molecule has 0 spiro atoms. The van der Waals surface area contributed by atoms with Crippen LogP contribution >= 0.6 is 0 Å². The van der Waals surface area contributed by atoms with Gasteiger partial charge in [0.1, 0.15) is 0 Å². The number of hydrogen-bond acceptors (Lipinski definition) is 1. The van der Waals surface area contributed by atoms with Crippen LogP contribution in [-0.2, 0) is 0 Å². The molecule has 0 atom stereocenters. The van der Waals surface area contributed by atoms with Gasteiger partial charge in [-0.05, 0) is 56.7 Å². The average Bonchev–Trinajstić information content (AvgIpc) is 2.44. The van der Waals surface area contributed by atoms with E-state index in [0.717, 1.165) is 5.69 Å². The summed E-state index contributed by atoms with van der Waals surface area (Å²) in [6.07, 6.45) is 15.9. The monoisotopic (exact) mass is 285 g/mol. The van der Waals surface area contributed by atoms with Gasteiger partial charge in [-0.25, -0.2) is 0 Å². The Kier molecular flexibility index (Phi) is 6.35. The van der Waals surface area contributed by atoms with Gasteiger partial charge in [-0.2, -0.15) is 0 Å². The summed E-state index contributed by atoms with van der Waals surface area (Å²) in [5, 5.41) is 0. The molecule has 1 aliphatic rings. The van der Waals surface area contributed by atoms with Crippen molar-refractivity contribution >= 4 is 11.3 Å². The molecule has 0 saturated heterocycles. The summed E-state index contributed by atoms with van der Waals surface area (Å²) in [5.41, 5.74) is 12.7. The highest BCUT2D eigenvalue weighted by molar-refractivity contribution is 5.77. The molecule has 1 aromatic carbocycles. The third kappa shape index (κ3) is 4.91. The number of hydrogen-bond donors (Lipinski definition) is 1. The van der Waals surface area contributed by atoms with Gasteiger partial charge in [0, 0.05) is 11.3 Å². The van der Waals surface area contributed by atoms with E-state index in [1.165, 1.54) is 86.5 Å². The van der Waals surface area contributed by atoms with E-state index >= 15 is 0 Å². The normalized spacial score (nSPS) is 21.0. The van der Waals surface area contributed by atoms with E-state index in [9.17, 15) is 0 Å². The number of rotatable bonds is 1. The van der Waals surface area contributed by atoms with Gasteiger partial charge < -0.3 is 5.73 Å². The highest BCUT2D eigenvalue weighted by atomic mass is 14.6. The standard InChI is InChI=1S/C20H31N/c1-16-14-17(2)20(21)19(15-16)18-12-10-8-6-4-3-5-7-9-11-13-18/h12,14-15H,3-11,13,21H2,1-2H3/b18-12+. The van der Waals surface area contributed by atoms with Crippen LogP contribution in [0.2, 0.25) is 0 Å². The fourth-order valence-electron chi connectivity index (χ4n) is 3.39. The summed E-state index contributed by atoms with van der Waals surface area (Å²) < 4.78 is 0. The minimum absolute atomic E-state index is 0.985. The van der Waals surface area contributed by atoms with Gasteiger partial charge in [-0.15, -0.1) is 0 Å². The van der Waals surface area contributed by atoms with Gasteiger partial charge in [0.2, 0.25) is 0 Å². The van der Waals surface area contributed by atoms with Crippen molar-refractivity contribution in [3.05, 3.63) is 34.9 Å². The average molecular weight is 285 g/mol. The molecule has 0 bridgehead atoms. The van der Waals surface area contributed by atoms with Crippen molar-refractivity contribution in [1.82, 2.24) is 0 Å². The van der Waals surface area contributed by atoms with Gasteiger partial charge in [0.05, 0.1) is 0 Å². The second-order valence-corrected chi connectivity index (χ2v) is 6.64. The third-order valence-electron chi connectivity index (χ3n) is 4.67. The van der Waals surface area contributed by atoms with E-state index in [2.05, 4.69) is 32.1 Å². The zero-order valence-electron chi connectivity index (χ0n) is 13.9. The summed E-state index contributed by atoms with van der Waals surface area (Å²) in [4.78, 5) is 0. The molecular formula is C20H31N. The van der Waals surface area contributed by atoms with Crippen LogP contribution in [0.3, 0.4) is 0 Å². The number of nitrogens with two attached hydrogens (primary N) is 1. The van der Waals surface area contributed by atoms with Gasteiger partial charge in [0.25, 0.3) is 0 Å². The lowest BCUT2D eigenvalue weighted by Gasteiger charge is -2.15. The molecule has 2 N–H and O–H groups in total. The van der Waals surface area contributed by atoms with E-state index in [1.54, 1.807) is 0 Å². The molecule has 116 valence electrons. The van der Waals surface area contributed by atoms with Crippen molar-refractivity contribution in [3.8, 4) is 0 Å². The van der Waals surface area contributed by atoms with Gasteiger partial charge in [-0.3, -0.25) is 0 Å². The Hall–Kier alpha value is -1.24. The van der Waals surface area contributed by atoms with Crippen molar-refractivity contribution in [2.75, 3.05) is 5.73 Å². The van der Waals surface area contributed by atoms with Gasteiger partial charge in [0.15, 0.2) is 0 Å². The Labute approximate surface area is 130 Å². The lowest BCUT2D eigenvalue weighted by Crippen LogP contribution is -1.99. The predicted molar refractivity (Wildman–Crippen MR) is 94.5 cm³/mol. The number of anilines is 1. The lowest BCUT2D eigenvalue weighted by atomic mass is 9.92. The fourth-order valence-corrected chi connectivity index (χ4v) is 3.39. The molecule has 0 unspecified atom stereocenters. The Balaban J connectivity index is 2.20. The molecule has 21 heavy (non-hydrogen) atoms. The van der Waals surface area contributed by atoms with Crippen LogP contribution in [0.25, 0.3) is 5.57 Å². The molecule has 0 amide bonds. The Morgan fingerprint density at radius 3 is 2.14 bits per heavy atom. The van der Waals surface area contributed by atoms with Crippen LogP contribution in [0, 0.1) is 13.8 Å². The third-order valence-corrected chi connectivity index (χ3v) is 4.67. The maximum atomic E-state index is 6.36. The predicted octanol–water partition coefficient (Wildman–Crippen LogP) is 6.18. The molecule has 0 heterocycles. The number of aryl methyl sites for hydroxylation is 2. The van der Waals surface area contributed by atoms with Gasteiger partial charge >= 0.3 is 0 Å². The molecule has 0 saturated carbocycles. The zero-order chi connectivity index (χ0) is 15.1. The number of allylic oxidation sites excluding steroid dienone is 2. The molecule has 0 radical (unpaired) electrons. The maximum Gasteiger partial charge on any atom is 0.0420 e. The first-order valence-corrected chi connectivity index (χ1v) is 8.74. The molecule has 0 fully saturated rings. The van der Waals surface area contributed by atoms with E-state index in [0.29, 0.717) is 0 Å². The fraction of sp³-hybridized carbons (Fsp3) is 0.600. The van der Waals surface area contributed by atoms with Crippen molar-refractivity contribution in [1.29, 1.82) is 0 Å². The molecule has 0 aromatic heterocycles. The van der Waals surface area contributed by atoms with E-state index in [4.69, 9.17) is 5.73 Å². The lowest BCUT2D eigenvalue weighted by molar-refractivity contribution is 0.568. The molecule has 1 aliphatic carbocycles. The first kappa shape index (κ1) is 16.1. The van der Waals surface area contributed by atoms with Crippen LogP contribution < -0.4 is 5.73 Å². The SMILES string of the molecule is Cc1cc(C)c(N)c(/C2=C/CCCCCCCCCC2)c1. The Bertz CT molecular complexity index is 485. The summed E-state index contributed by atoms with van der Waals surface area (Å²) >= 11 is 0. The molecule has 1 nitrogen and oxygen atoms in total. The minimum Gasteiger partial charge on any atom is -0.398 e. The largest absolute Gasteiger partial charge is 0.398 e. The second kappa shape index (κ2) is 8.26. The Morgan fingerprint density at radius 2 is 1.43 bits per heavy atom. The molecule has 0 aliphatic heterocycles. The highest BCUT2D eigenvalue weighted by Crippen LogP contribution is 2.31. The molecular weight excluding hydrogens is 254 g/mol. The van der Waals surface area contributed by atoms with Crippen molar-refractivity contribution in [2.24, 2.45) is 0 Å². The quantitative estimate of drug-likeness (QED) is 0.612. The topological polar surface area (TPSA) is 26.0 Å². The van der Waals surface area contributed by atoms with E-state index in [1.807, 2.05) is 0 Å². The molecule has 1 heteroatoms. The first-order valence-electron chi connectivity index (χ1n) is 8.74. The number of benzene rings is 1. The van der Waals surface area contributed by atoms with Crippen LogP contribution in [0.4, 0.5) is 5.69 Å². The summed E-state index contributed by atoms with van der Waals surface area (Å²) in [7, 11) is 0. The van der Waals surface area contributed by atoms with Crippen LogP contribution in [-0.4, -0.2) is 0 Å². The smallest absolute Gasteiger partial charge is 0.0420 e. The van der Waals surface area contributed by atoms with Crippen molar-refractivity contribution < 1.29 is 0 Å². The minimum atomic E-state index is 0.985. The molecule has 1 aromatic rings. The number of nitrogen functional groups attached to an aromatic ring is 1. The van der Waals surface area contributed by atoms with E-state index in [-0.39, 0.29) is 0 Å². The maximum absolute atomic E-state index is 6.36. The van der Waals surface area contributed by atoms with Crippen molar-refractivity contribution in [2.45, 2.75) is 78.1 Å². The van der Waals surface area contributed by atoms with Crippen LogP contribution in [0.5, 0.6) is 0 Å². The zero-order valence-corrected chi connectivity index (χ0v) is 13.9. The summed E-state index contributed by atoms with van der Waals surface area (Å²) in [6, 6.07) is 4.47. The van der Waals surface area contributed by atoms with Gasteiger partial charge in [-0.1, -0.05) is 56.2 Å². The van der Waals surface area contributed by atoms with E-state index < -0.39 is 0 Å². The first-order chi connectivity index (χ1) is 10.2. The van der Waals surface area contributed by atoms with Crippen molar-refractivity contribution in [3.63, 3.8) is 0 Å². The van der Waals surface area contributed by atoms with Crippen LogP contribution in [0.15, 0.2) is 18.2 Å². The van der Waals surface area contributed by atoms with Crippen LogP contribution in [0.1, 0.15) is 80.9 Å². The second-order valence-electron chi connectivity index (χ2n) is 6.64. The highest BCUT2D eigenvalue weighted by Gasteiger charge is 2.09. The Morgan fingerprint density at radius 1 is 0.810 bits per heavy atom. The summed E-state index contributed by atoms with van der Waals surface area (Å²) in [6.45, 7) is 4.30.